The van der Waals surface area contributed by atoms with Crippen molar-refractivity contribution in [3.8, 4) is 23.1 Å². The predicted octanol–water partition coefficient (Wildman–Crippen LogP) is 4.02. The number of hydrogen-bond donors (Lipinski definition) is 0. The predicted molar refractivity (Wildman–Crippen MR) is 139 cm³/mol. The maximum atomic E-state index is 9.69. The number of rotatable bonds is 6. The first kappa shape index (κ1) is 24.0. The van der Waals surface area contributed by atoms with Crippen LogP contribution in [0.1, 0.15) is 58.7 Å². The first-order valence-electron chi connectivity index (χ1n) is 12.7. The number of hydrogen-bond acceptors (Lipinski definition) is 9. The lowest BCUT2D eigenvalue weighted by Crippen LogP contribution is -2.52. The van der Waals surface area contributed by atoms with Crippen molar-refractivity contribution in [1.29, 1.82) is 5.26 Å². The molecular formula is C26H30N8O2S. The Bertz CT molecular complexity index is 1490. The molecule has 1 unspecified atom stereocenters. The summed E-state index contributed by atoms with van der Waals surface area (Å²) in [4.78, 5) is 8.32. The Balaban J connectivity index is 1.31. The normalized spacial score (nSPS) is 18.1. The van der Waals surface area contributed by atoms with Gasteiger partial charge in [-0.3, -0.25) is 4.90 Å². The molecule has 192 valence electrons. The average Bonchev–Trinajstić information content (AvgIpc) is 3.54. The second-order valence-electron chi connectivity index (χ2n) is 9.92. The molecule has 2 saturated heterocycles. The topological polar surface area (TPSA) is 106 Å². The van der Waals surface area contributed by atoms with E-state index in [9.17, 15) is 5.26 Å². The number of thiazole rings is 1. The lowest BCUT2D eigenvalue weighted by atomic mass is 10.0. The van der Waals surface area contributed by atoms with Crippen LogP contribution in [0.15, 0.2) is 18.5 Å². The fourth-order valence-electron chi connectivity index (χ4n) is 5.44. The Morgan fingerprint density at radius 3 is 2.62 bits per heavy atom. The van der Waals surface area contributed by atoms with Crippen LogP contribution in [0.4, 0.5) is 0 Å². The molecule has 0 saturated carbocycles. The van der Waals surface area contributed by atoms with Crippen molar-refractivity contribution in [1.82, 2.24) is 34.5 Å². The second kappa shape index (κ2) is 9.52. The van der Waals surface area contributed by atoms with Gasteiger partial charge in [-0.1, -0.05) is 5.21 Å². The minimum atomic E-state index is -0.284. The lowest BCUT2D eigenvalue weighted by molar-refractivity contribution is -0.0735. The summed E-state index contributed by atoms with van der Waals surface area (Å²) in [6, 6.07) is 5.08. The number of aryl methyl sites for hydroxylation is 2. The molecule has 6 rings (SSSR count). The van der Waals surface area contributed by atoms with Crippen LogP contribution in [0.25, 0.3) is 16.8 Å². The zero-order chi connectivity index (χ0) is 25.7. The molecule has 0 N–H and O–H groups in total. The van der Waals surface area contributed by atoms with Gasteiger partial charge in [0, 0.05) is 29.7 Å². The summed E-state index contributed by atoms with van der Waals surface area (Å²) in [6.45, 7) is 11.9. The third-order valence-electron chi connectivity index (χ3n) is 7.51. The minimum Gasteiger partial charge on any atom is -0.482 e. The highest BCUT2D eigenvalue weighted by molar-refractivity contribution is 7.11. The number of piperidine rings is 1. The molecule has 0 aliphatic carbocycles. The molecule has 4 aromatic heterocycles. The number of fused-ring (bicyclic) bond motifs is 1. The fraction of sp³-hybridized carbons (Fsp3) is 0.500. The van der Waals surface area contributed by atoms with Crippen molar-refractivity contribution in [3.05, 3.63) is 45.3 Å². The van der Waals surface area contributed by atoms with E-state index in [1.54, 1.807) is 22.0 Å². The Hall–Kier alpha value is -3.33. The van der Waals surface area contributed by atoms with Gasteiger partial charge < -0.3 is 9.47 Å². The van der Waals surface area contributed by atoms with Crippen LogP contribution >= 0.6 is 11.3 Å². The van der Waals surface area contributed by atoms with Crippen LogP contribution in [-0.4, -0.2) is 66.8 Å². The van der Waals surface area contributed by atoms with Crippen molar-refractivity contribution in [2.24, 2.45) is 0 Å². The number of nitriles is 1. The molecule has 2 aliphatic rings. The van der Waals surface area contributed by atoms with Crippen molar-refractivity contribution in [3.63, 3.8) is 0 Å². The molecule has 4 aromatic rings. The molecule has 0 aromatic carbocycles. The maximum absolute atomic E-state index is 9.69. The van der Waals surface area contributed by atoms with Gasteiger partial charge >= 0.3 is 0 Å². The molecular weight excluding hydrogens is 488 g/mol. The largest absolute Gasteiger partial charge is 0.482 e. The number of pyridine rings is 1. The van der Waals surface area contributed by atoms with Gasteiger partial charge in [0.1, 0.15) is 34.7 Å². The smallest absolute Gasteiger partial charge is 0.148 e. The molecule has 37 heavy (non-hydrogen) atoms. The number of likely N-dealkylation sites (tertiary alicyclic amines) is 1. The molecule has 0 spiro atoms. The van der Waals surface area contributed by atoms with E-state index in [-0.39, 0.29) is 6.10 Å². The number of nitrogens with zero attached hydrogens (tertiary/aromatic N) is 8. The summed E-state index contributed by atoms with van der Waals surface area (Å²) >= 11 is 1.65. The first-order valence-corrected chi connectivity index (χ1v) is 13.5. The molecule has 1 atom stereocenters. The van der Waals surface area contributed by atoms with E-state index < -0.39 is 0 Å². The van der Waals surface area contributed by atoms with Gasteiger partial charge in [0.2, 0.25) is 0 Å². The van der Waals surface area contributed by atoms with E-state index in [1.807, 2.05) is 26.1 Å². The van der Waals surface area contributed by atoms with Crippen molar-refractivity contribution >= 4 is 16.9 Å². The van der Waals surface area contributed by atoms with E-state index in [4.69, 9.17) is 9.47 Å². The summed E-state index contributed by atoms with van der Waals surface area (Å²) in [7, 11) is 0. The van der Waals surface area contributed by atoms with Gasteiger partial charge in [0.25, 0.3) is 0 Å². The van der Waals surface area contributed by atoms with Gasteiger partial charge in [-0.15, -0.1) is 16.4 Å². The standard InChI is InChI=1S/C26H30N8O2S/c1-15-24(30-31-34(15)21-5-7-32(8-6-21)22-13-35-14-22)19-9-23(26-20(10-27)11-28-33(26)12-19)36-16(2)25-17(3)37-18(4)29-25/h9,11-12,16,21-22H,5-8,13-14H2,1-4H3. The lowest BCUT2D eigenvalue weighted by Gasteiger charge is -2.41. The Morgan fingerprint density at radius 1 is 1.19 bits per heavy atom. The molecule has 2 fully saturated rings. The zero-order valence-electron chi connectivity index (χ0n) is 21.5. The van der Waals surface area contributed by atoms with Gasteiger partial charge in [-0.25, -0.2) is 14.2 Å². The molecule has 0 radical (unpaired) electrons. The molecule has 0 amide bonds. The van der Waals surface area contributed by atoms with Crippen LogP contribution in [0, 0.1) is 32.1 Å². The molecule has 11 heteroatoms. The van der Waals surface area contributed by atoms with Gasteiger partial charge in [0.15, 0.2) is 0 Å². The highest BCUT2D eigenvalue weighted by Crippen LogP contribution is 2.35. The molecule has 10 nitrogen and oxygen atoms in total. The minimum absolute atomic E-state index is 0.284. The van der Waals surface area contributed by atoms with Gasteiger partial charge in [-0.05, 0) is 46.6 Å². The number of aromatic nitrogens is 6. The SMILES string of the molecule is Cc1nc(C(C)Oc2cc(-c3nnn(C4CCN(C5COC5)CC4)c3C)cn3ncc(C#N)c23)c(C)s1. The van der Waals surface area contributed by atoms with Crippen LogP contribution in [0.3, 0.4) is 0 Å². The Morgan fingerprint density at radius 2 is 1.97 bits per heavy atom. The summed E-state index contributed by atoms with van der Waals surface area (Å²) in [6.07, 6.45) is 5.27. The Labute approximate surface area is 219 Å². The average molecular weight is 519 g/mol. The quantitative estimate of drug-likeness (QED) is 0.377. The fourth-order valence-corrected chi connectivity index (χ4v) is 6.34. The maximum Gasteiger partial charge on any atom is 0.148 e. The van der Waals surface area contributed by atoms with Crippen molar-refractivity contribution in [2.75, 3.05) is 26.3 Å². The van der Waals surface area contributed by atoms with Crippen LogP contribution in [0.5, 0.6) is 5.75 Å². The number of ether oxygens (including phenoxy) is 2. The van der Waals surface area contributed by atoms with Crippen molar-refractivity contribution in [2.45, 2.75) is 58.7 Å². The monoisotopic (exact) mass is 518 g/mol. The van der Waals surface area contributed by atoms with Gasteiger partial charge in [0.05, 0.1) is 47.9 Å². The highest BCUT2D eigenvalue weighted by Gasteiger charge is 2.31. The van der Waals surface area contributed by atoms with E-state index in [0.29, 0.717) is 28.9 Å². The van der Waals surface area contributed by atoms with Crippen LogP contribution < -0.4 is 4.74 Å². The molecule has 2 aliphatic heterocycles. The van der Waals surface area contributed by atoms with E-state index >= 15 is 0 Å². The molecule has 6 heterocycles. The third-order valence-corrected chi connectivity index (χ3v) is 8.41. The van der Waals surface area contributed by atoms with Crippen LogP contribution in [-0.2, 0) is 4.74 Å². The third kappa shape index (κ3) is 4.29. The summed E-state index contributed by atoms with van der Waals surface area (Å²) < 4.78 is 15.6. The van der Waals surface area contributed by atoms with E-state index in [1.165, 1.54) is 0 Å². The van der Waals surface area contributed by atoms with E-state index in [0.717, 1.165) is 71.7 Å². The second-order valence-corrected chi connectivity index (χ2v) is 11.3. The summed E-state index contributed by atoms with van der Waals surface area (Å²) in [5, 5.41) is 24.3. The van der Waals surface area contributed by atoms with Gasteiger partial charge in [-0.2, -0.15) is 10.4 Å². The zero-order valence-corrected chi connectivity index (χ0v) is 22.3. The summed E-state index contributed by atoms with van der Waals surface area (Å²) in [5.74, 6) is 0.578. The Kier molecular flexibility index (Phi) is 6.18. The first-order chi connectivity index (χ1) is 17.9. The highest BCUT2D eigenvalue weighted by atomic mass is 32.1. The van der Waals surface area contributed by atoms with Crippen LogP contribution in [0.2, 0.25) is 0 Å². The summed E-state index contributed by atoms with van der Waals surface area (Å²) in [5.41, 5.74) is 4.67. The molecule has 0 bridgehead atoms. The van der Waals surface area contributed by atoms with E-state index in [2.05, 4.69) is 49.9 Å². The van der Waals surface area contributed by atoms with Crippen molar-refractivity contribution < 1.29 is 9.47 Å².